The van der Waals surface area contributed by atoms with E-state index in [0.717, 1.165) is 22.1 Å². The first kappa shape index (κ1) is 10.1. The summed E-state index contributed by atoms with van der Waals surface area (Å²) in [5, 5.41) is 10.4. The van der Waals surface area contributed by atoms with Crippen LogP contribution in [0.3, 0.4) is 0 Å². The third-order valence-electron chi connectivity index (χ3n) is 2.78. The van der Waals surface area contributed by atoms with Crippen molar-refractivity contribution >= 4 is 11.0 Å². The molecular weight excluding hydrogens is 214 g/mol. The normalized spacial score (nSPS) is 10.9. The topological polar surface area (TPSA) is 46.3 Å². The predicted octanol–water partition coefficient (Wildman–Crippen LogP) is 2.99. The number of hydrogen-bond acceptors (Lipinski definition) is 3. The van der Waals surface area contributed by atoms with Gasteiger partial charge in [0.2, 0.25) is 0 Å². The molecule has 1 aromatic carbocycles. The van der Waals surface area contributed by atoms with E-state index in [2.05, 4.69) is 4.98 Å². The molecule has 3 rings (SSSR count). The number of hydrogen-bond donors (Lipinski definition) is 1. The Bertz CT molecular complexity index is 644. The Morgan fingerprint density at radius 2 is 2.00 bits per heavy atom. The van der Waals surface area contributed by atoms with Gasteiger partial charge in [-0.15, -0.1) is 0 Å². The molecule has 3 aromatic rings. The molecule has 0 aliphatic rings. The number of fused-ring (bicyclic) bond motifs is 1. The quantitative estimate of drug-likeness (QED) is 0.729. The van der Waals surface area contributed by atoms with Gasteiger partial charge >= 0.3 is 0 Å². The monoisotopic (exact) mass is 225 g/mol. The number of aliphatic hydroxyl groups excluding tert-OH is 1. The van der Waals surface area contributed by atoms with Gasteiger partial charge in [0, 0.05) is 28.9 Å². The second kappa shape index (κ2) is 4.03. The average Bonchev–Trinajstić information content (AvgIpc) is 2.78. The highest BCUT2D eigenvalue weighted by Gasteiger charge is 2.14. The number of aliphatic hydroxyl groups is 1. The van der Waals surface area contributed by atoms with Crippen molar-refractivity contribution in [1.29, 1.82) is 0 Å². The van der Waals surface area contributed by atoms with Crippen molar-refractivity contribution in [1.82, 2.24) is 4.98 Å². The van der Waals surface area contributed by atoms with Crippen molar-refractivity contribution in [3.8, 4) is 11.3 Å². The maximum absolute atomic E-state index is 9.49. The summed E-state index contributed by atoms with van der Waals surface area (Å²) in [4.78, 5) is 4.07. The molecular formula is C14H11NO2. The van der Waals surface area contributed by atoms with Crippen LogP contribution in [0.15, 0.2) is 53.2 Å². The number of furan rings is 1. The van der Waals surface area contributed by atoms with Crippen molar-refractivity contribution < 1.29 is 9.52 Å². The van der Waals surface area contributed by atoms with Crippen molar-refractivity contribution in [2.75, 3.05) is 0 Å². The van der Waals surface area contributed by atoms with Crippen molar-refractivity contribution in [3.05, 3.63) is 54.4 Å². The molecule has 84 valence electrons. The molecule has 3 nitrogen and oxygen atoms in total. The van der Waals surface area contributed by atoms with E-state index in [0.29, 0.717) is 5.76 Å². The standard InChI is InChI=1S/C14H11NO2/c16-9-12-11-5-1-2-6-13(11)17-14(12)10-4-3-7-15-8-10/h1-8,16H,9H2. The summed E-state index contributed by atoms with van der Waals surface area (Å²) in [5.41, 5.74) is 2.48. The zero-order valence-electron chi connectivity index (χ0n) is 9.13. The Kier molecular flexibility index (Phi) is 2.38. The molecule has 0 spiro atoms. The number of benzene rings is 1. The van der Waals surface area contributed by atoms with Crippen LogP contribution in [0.2, 0.25) is 0 Å². The zero-order chi connectivity index (χ0) is 11.7. The first-order chi connectivity index (χ1) is 8.40. The van der Waals surface area contributed by atoms with Crippen molar-refractivity contribution in [3.63, 3.8) is 0 Å². The number of aromatic nitrogens is 1. The highest BCUT2D eigenvalue weighted by atomic mass is 16.3. The molecule has 0 bridgehead atoms. The van der Waals surface area contributed by atoms with Crippen LogP contribution in [0.5, 0.6) is 0 Å². The SMILES string of the molecule is OCc1c(-c2cccnc2)oc2ccccc12. The van der Waals surface area contributed by atoms with Crippen LogP contribution >= 0.6 is 0 Å². The molecule has 0 fully saturated rings. The van der Waals surface area contributed by atoms with Gasteiger partial charge in [-0.3, -0.25) is 4.98 Å². The maximum Gasteiger partial charge on any atom is 0.142 e. The Labute approximate surface area is 98.3 Å². The van der Waals surface area contributed by atoms with Gasteiger partial charge in [-0.2, -0.15) is 0 Å². The van der Waals surface area contributed by atoms with Crippen LogP contribution < -0.4 is 0 Å². The Hall–Kier alpha value is -2.13. The molecule has 0 radical (unpaired) electrons. The van der Waals surface area contributed by atoms with Gasteiger partial charge in [0.25, 0.3) is 0 Å². The van der Waals surface area contributed by atoms with Gasteiger partial charge in [-0.05, 0) is 18.2 Å². The van der Waals surface area contributed by atoms with Crippen LogP contribution in [0.25, 0.3) is 22.3 Å². The van der Waals surface area contributed by atoms with Crippen LogP contribution in [0.1, 0.15) is 5.56 Å². The second-order valence-corrected chi connectivity index (χ2v) is 3.81. The van der Waals surface area contributed by atoms with Gasteiger partial charge in [-0.1, -0.05) is 18.2 Å². The molecule has 1 N–H and O–H groups in total. The van der Waals surface area contributed by atoms with Gasteiger partial charge < -0.3 is 9.52 Å². The first-order valence-electron chi connectivity index (χ1n) is 5.42. The number of pyridine rings is 1. The third kappa shape index (κ3) is 1.61. The molecule has 3 heteroatoms. The fourth-order valence-electron chi connectivity index (χ4n) is 1.99. The van der Waals surface area contributed by atoms with E-state index in [1.54, 1.807) is 12.4 Å². The minimum atomic E-state index is -0.0404. The highest BCUT2D eigenvalue weighted by molar-refractivity contribution is 5.87. The van der Waals surface area contributed by atoms with E-state index >= 15 is 0 Å². The Morgan fingerprint density at radius 1 is 1.12 bits per heavy atom. The molecule has 0 saturated carbocycles. The number of rotatable bonds is 2. The van der Waals surface area contributed by atoms with E-state index < -0.39 is 0 Å². The smallest absolute Gasteiger partial charge is 0.142 e. The van der Waals surface area contributed by atoms with Gasteiger partial charge in [0.05, 0.1) is 6.61 Å². The Balaban J connectivity index is 2.30. The molecule has 0 amide bonds. The third-order valence-corrected chi connectivity index (χ3v) is 2.78. The van der Waals surface area contributed by atoms with E-state index in [-0.39, 0.29) is 6.61 Å². The summed E-state index contributed by atoms with van der Waals surface area (Å²) in [6.07, 6.45) is 3.45. The molecule has 0 unspecified atom stereocenters. The predicted molar refractivity (Wildman–Crippen MR) is 65.4 cm³/mol. The van der Waals surface area contributed by atoms with Crippen LogP contribution in [-0.2, 0) is 6.61 Å². The number of para-hydroxylation sites is 1. The molecule has 2 heterocycles. The lowest BCUT2D eigenvalue weighted by Crippen LogP contribution is -1.85. The van der Waals surface area contributed by atoms with Crippen LogP contribution in [0, 0.1) is 0 Å². The molecule has 0 aliphatic heterocycles. The summed E-state index contributed by atoms with van der Waals surface area (Å²) >= 11 is 0. The average molecular weight is 225 g/mol. The first-order valence-corrected chi connectivity index (χ1v) is 5.42. The lowest BCUT2D eigenvalue weighted by atomic mass is 10.1. The van der Waals surface area contributed by atoms with Crippen LogP contribution in [-0.4, -0.2) is 10.1 Å². The zero-order valence-corrected chi connectivity index (χ0v) is 9.13. The van der Waals surface area contributed by atoms with Gasteiger partial charge in [-0.25, -0.2) is 0 Å². The molecule has 2 aromatic heterocycles. The summed E-state index contributed by atoms with van der Waals surface area (Å²) in [5.74, 6) is 0.696. The lowest BCUT2D eigenvalue weighted by molar-refractivity contribution is 0.282. The molecule has 0 saturated heterocycles. The van der Waals surface area contributed by atoms with Crippen molar-refractivity contribution in [2.45, 2.75) is 6.61 Å². The van der Waals surface area contributed by atoms with E-state index in [1.807, 2.05) is 36.4 Å². The van der Waals surface area contributed by atoms with Crippen LogP contribution in [0.4, 0.5) is 0 Å². The minimum Gasteiger partial charge on any atom is -0.456 e. The second-order valence-electron chi connectivity index (χ2n) is 3.81. The molecule has 0 aliphatic carbocycles. The fraction of sp³-hybridized carbons (Fsp3) is 0.0714. The fourth-order valence-corrected chi connectivity index (χ4v) is 1.99. The number of nitrogens with zero attached hydrogens (tertiary/aromatic N) is 1. The van der Waals surface area contributed by atoms with Crippen molar-refractivity contribution in [2.24, 2.45) is 0 Å². The maximum atomic E-state index is 9.49. The van der Waals surface area contributed by atoms with E-state index in [4.69, 9.17) is 4.42 Å². The largest absolute Gasteiger partial charge is 0.456 e. The minimum absolute atomic E-state index is 0.0404. The van der Waals surface area contributed by atoms with E-state index in [9.17, 15) is 5.11 Å². The Morgan fingerprint density at radius 3 is 2.76 bits per heavy atom. The summed E-state index contributed by atoms with van der Waals surface area (Å²) in [6.45, 7) is -0.0404. The van der Waals surface area contributed by atoms with Gasteiger partial charge in [0.1, 0.15) is 11.3 Å². The summed E-state index contributed by atoms with van der Waals surface area (Å²) in [6, 6.07) is 11.5. The van der Waals surface area contributed by atoms with E-state index in [1.165, 1.54) is 0 Å². The molecule has 0 atom stereocenters. The highest BCUT2D eigenvalue weighted by Crippen LogP contribution is 2.32. The lowest BCUT2D eigenvalue weighted by Gasteiger charge is -1.98. The molecule has 17 heavy (non-hydrogen) atoms. The summed E-state index contributed by atoms with van der Waals surface area (Å²) in [7, 11) is 0. The summed E-state index contributed by atoms with van der Waals surface area (Å²) < 4.78 is 5.78. The van der Waals surface area contributed by atoms with Gasteiger partial charge in [0.15, 0.2) is 0 Å².